The van der Waals surface area contributed by atoms with E-state index in [1.807, 2.05) is 24.3 Å². The summed E-state index contributed by atoms with van der Waals surface area (Å²) in [5.41, 5.74) is 3.18. The van der Waals surface area contributed by atoms with Gasteiger partial charge < -0.3 is 15.1 Å². The van der Waals surface area contributed by atoms with Gasteiger partial charge in [-0.15, -0.1) is 0 Å². The number of aryl methyl sites for hydroxylation is 1. The van der Waals surface area contributed by atoms with E-state index < -0.39 is 0 Å². The van der Waals surface area contributed by atoms with Gasteiger partial charge in [-0.1, -0.05) is 29.8 Å². The van der Waals surface area contributed by atoms with Gasteiger partial charge in [-0.2, -0.15) is 4.98 Å². The number of anilines is 4. The molecule has 1 N–H and O–H groups in total. The average molecular weight is 397 g/mol. The highest BCUT2D eigenvalue weighted by atomic mass is 15.4. The van der Waals surface area contributed by atoms with Crippen LogP contribution in [0.4, 0.5) is 23.4 Å². The van der Waals surface area contributed by atoms with Crippen molar-refractivity contribution in [2.24, 2.45) is 0 Å². The molecule has 0 unspecified atom stereocenters. The van der Waals surface area contributed by atoms with Gasteiger partial charge in [0.05, 0.1) is 5.52 Å². The molecule has 0 aliphatic carbocycles. The predicted molar refractivity (Wildman–Crippen MR) is 120 cm³/mol. The quantitative estimate of drug-likeness (QED) is 0.562. The second-order valence-electron chi connectivity index (χ2n) is 7.40. The Kier molecular flexibility index (Phi) is 4.85. The number of benzene rings is 2. The number of fused-ring (bicyclic) bond motifs is 1. The Morgan fingerprint density at radius 2 is 1.40 bits per heavy atom. The van der Waals surface area contributed by atoms with Crippen molar-refractivity contribution < 1.29 is 0 Å². The minimum absolute atomic E-state index is 0.747. The number of rotatable bonds is 4. The van der Waals surface area contributed by atoms with Gasteiger partial charge in [-0.25, -0.2) is 15.0 Å². The summed E-state index contributed by atoms with van der Waals surface area (Å²) in [5.74, 6) is 2.35. The van der Waals surface area contributed by atoms with Crippen molar-refractivity contribution in [3.8, 4) is 0 Å². The number of hydrogen-bond acceptors (Lipinski definition) is 7. The molecule has 2 aromatic carbocycles. The summed E-state index contributed by atoms with van der Waals surface area (Å²) >= 11 is 0. The van der Waals surface area contributed by atoms with Crippen molar-refractivity contribution in [3.05, 3.63) is 72.6 Å². The molecular weight excluding hydrogens is 374 g/mol. The Morgan fingerprint density at radius 3 is 2.13 bits per heavy atom. The second-order valence-corrected chi connectivity index (χ2v) is 7.40. The monoisotopic (exact) mass is 397 g/mol. The Hall–Kier alpha value is -3.74. The fourth-order valence-electron chi connectivity index (χ4n) is 3.64. The van der Waals surface area contributed by atoms with E-state index in [1.54, 1.807) is 12.4 Å². The van der Waals surface area contributed by atoms with Gasteiger partial charge in [-0.3, -0.25) is 0 Å². The van der Waals surface area contributed by atoms with Crippen LogP contribution in [0.3, 0.4) is 0 Å². The summed E-state index contributed by atoms with van der Waals surface area (Å²) < 4.78 is 0. The molecule has 5 rings (SSSR count). The lowest BCUT2D eigenvalue weighted by molar-refractivity contribution is 0.629. The molecule has 0 saturated carbocycles. The van der Waals surface area contributed by atoms with E-state index in [1.165, 1.54) is 5.56 Å². The van der Waals surface area contributed by atoms with Crippen LogP contribution in [0.2, 0.25) is 0 Å². The van der Waals surface area contributed by atoms with Gasteiger partial charge in [0, 0.05) is 49.6 Å². The molecule has 3 heterocycles. The highest BCUT2D eigenvalue weighted by Gasteiger charge is 2.21. The Morgan fingerprint density at radius 1 is 0.733 bits per heavy atom. The van der Waals surface area contributed by atoms with Crippen molar-refractivity contribution in [1.82, 2.24) is 19.9 Å². The molecule has 0 atom stereocenters. The third-order valence-electron chi connectivity index (χ3n) is 5.30. The normalized spacial score (nSPS) is 14.2. The molecule has 1 fully saturated rings. The number of piperazine rings is 1. The lowest BCUT2D eigenvalue weighted by Crippen LogP contribution is -2.47. The molecule has 0 amide bonds. The summed E-state index contributed by atoms with van der Waals surface area (Å²) in [6, 6.07) is 18.3. The van der Waals surface area contributed by atoms with E-state index in [2.05, 4.69) is 62.3 Å². The summed E-state index contributed by atoms with van der Waals surface area (Å²) in [6.07, 6.45) is 3.56. The molecule has 7 nitrogen and oxygen atoms in total. The molecule has 4 aromatic rings. The minimum atomic E-state index is 0.747. The van der Waals surface area contributed by atoms with Crippen molar-refractivity contribution in [3.63, 3.8) is 0 Å². The molecule has 7 heteroatoms. The molecule has 2 aromatic heterocycles. The number of hydrogen-bond donors (Lipinski definition) is 1. The van der Waals surface area contributed by atoms with E-state index >= 15 is 0 Å². The summed E-state index contributed by atoms with van der Waals surface area (Å²) in [4.78, 5) is 22.9. The SMILES string of the molecule is Cc1ccc(Nc2nc(N3CCN(c4ncccn4)CC3)nc3ccccc23)cc1. The van der Waals surface area contributed by atoms with E-state index in [-0.39, 0.29) is 0 Å². The van der Waals surface area contributed by atoms with Crippen LogP contribution >= 0.6 is 0 Å². The van der Waals surface area contributed by atoms with Gasteiger partial charge in [0.15, 0.2) is 0 Å². The van der Waals surface area contributed by atoms with Crippen molar-refractivity contribution in [2.45, 2.75) is 6.92 Å². The zero-order valence-electron chi connectivity index (χ0n) is 16.9. The zero-order chi connectivity index (χ0) is 20.3. The first kappa shape index (κ1) is 18.3. The third-order valence-corrected chi connectivity index (χ3v) is 5.30. The molecule has 1 aliphatic rings. The van der Waals surface area contributed by atoms with Gasteiger partial charge in [0.1, 0.15) is 5.82 Å². The first-order chi connectivity index (χ1) is 14.8. The van der Waals surface area contributed by atoms with Crippen LogP contribution in [0, 0.1) is 6.92 Å². The van der Waals surface area contributed by atoms with E-state index in [4.69, 9.17) is 9.97 Å². The molecule has 0 bridgehead atoms. The molecule has 1 saturated heterocycles. The van der Waals surface area contributed by atoms with E-state index in [0.29, 0.717) is 0 Å². The fourth-order valence-corrected chi connectivity index (χ4v) is 3.64. The van der Waals surface area contributed by atoms with E-state index in [9.17, 15) is 0 Å². The minimum Gasteiger partial charge on any atom is -0.340 e. The maximum atomic E-state index is 4.89. The average Bonchev–Trinajstić information content (AvgIpc) is 2.81. The van der Waals surface area contributed by atoms with Gasteiger partial charge in [0.2, 0.25) is 11.9 Å². The van der Waals surface area contributed by atoms with Crippen LogP contribution in [0.25, 0.3) is 10.9 Å². The third kappa shape index (κ3) is 3.74. The van der Waals surface area contributed by atoms with Crippen LogP contribution in [-0.4, -0.2) is 46.1 Å². The lowest BCUT2D eigenvalue weighted by atomic mass is 10.2. The second kappa shape index (κ2) is 7.94. The highest BCUT2D eigenvalue weighted by molar-refractivity contribution is 5.91. The topological polar surface area (TPSA) is 70.1 Å². The smallest absolute Gasteiger partial charge is 0.228 e. The maximum absolute atomic E-state index is 4.89. The van der Waals surface area contributed by atoms with Gasteiger partial charge >= 0.3 is 0 Å². The summed E-state index contributed by atoms with van der Waals surface area (Å²) in [6.45, 7) is 5.39. The zero-order valence-corrected chi connectivity index (χ0v) is 16.9. The van der Waals surface area contributed by atoms with E-state index in [0.717, 1.165) is 60.5 Å². The van der Waals surface area contributed by atoms with Crippen molar-refractivity contribution in [1.29, 1.82) is 0 Å². The van der Waals surface area contributed by atoms with Crippen LogP contribution in [0.1, 0.15) is 5.56 Å². The van der Waals surface area contributed by atoms with Crippen LogP contribution in [0.15, 0.2) is 67.0 Å². The lowest BCUT2D eigenvalue weighted by Gasteiger charge is -2.34. The molecular formula is C23H23N7. The number of aromatic nitrogens is 4. The fraction of sp³-hybridized carbons (Fsp3) is 0.217. The first-order valence-electron chi connectivity index (χ1n) is 10.1. The largest absolute Gasteiger partial charge is 0.340 e. The van der Waals surface area contributed by atoms with Crippen LogP contribution < -0.4 is 15.1 Å². The van der Waals surface area contributed by atoms with Crippen molar-refractivity contribution in [2.75, 3.05) is 41.3 Å². The number of nitrogens with one attached hydrogen (secondary N) is 1. The van der Waals surface area contributed by atoms with Gasteiger partial charge in [-0.05, 0) is 37.3 Å². The molecule has 150 valence electrons. The van der Waals surface area contributed by atoms with Crippen LogP contribution in [-0.2, 0) is 0 Å². The summed E-state index contributed by atoms with van der Waals surface area (Å²) in [5, 5.41) is 4.49. The summed E-state index contributed by atoms with van der Waals surface area (Å²) in [7, 11) is 0. The predicted octanol–water partition coefficient (Wildman–Crippen LogP) is 3.80. The molecule has 0 radical (unpaired) electrons. The van der Waals surface area contributed by atoms with Gasteiger partial charge in [0.25, 0.3) is 0 Å². The number of nitrogens with zero attached hydrogens (tertiary/aromatic N) is 6. The molecule has 0 spiro atoms. The Balaban J connectivity index is 1.41. The highest BCUT2D eigenvalue weighted by Crippen LogP contribution is 2.27. The van der Waals surface area contributed by atoms with Crippen molar-refractivity contribution >= 4 is 34.3 Å². The standard InChI is InChI=1S/C23H23N7/c1-17-7-9-18(10-8-17)26-21-19-5-2-3-6-20(19)27-23(28-21)30-15-13-29(14-16-30)22-24-11-4-12-25-22/h2-12H,13-16H2,1H3,(H,26,27,28). The number of para-hydroxylation sites is 1. The maximum Gasteiger partial charge on any atom is 0.228 e. The first-order valence-corrected chi connectivity index (χ1v) is 10.1. The molecule has 1 aliphatic heterocycles. The van der Waals surface area contributed by atoms with Crippen LogP contribution in [0.5, 0.6) is 0 Å². The Bertz CT molecular complexity index is 1140. The molecule has 30 heavy (non-hydrogen) atoms. The Labute approximate surface area is 175 Å².